The number of para-hydroxylation sites is 1. The second-order valence-corrected chi connectivity index (χ2v) is 9.67. The monoisotopic (exact) mass is 393 g/mol. The molecule has 2 aromatic heterocycles. The van der Waals surface area contributed by atoms with E-state index in [9.17, 15) is 4.79 Å². The minimum atomic E-state index is -0.316. The summed E-state index contributed by atoms with van der Waals surface area (Å²) in [6.07, 6.45) is 3.36. The fourth-order valence-corrected chi connectivity index (χ4v) is 5.75. The van der Waals surface area contributed by atoms with Gasteiger partial charge in [-0.3, -0.25) is 4.79 Å². The molecule has 1 N–H and O–H groups in total. The van der Waals surface area contributed by atoms with Crippen molar-refractivity contribution in [2.24, 2.45) is 21.8 Å². The highest BCUT2D eigenvalue weighted by Crippen LogP contribution is 2.63. The van der Waals surface area contributed by atoms with Crippen LogP contribution in [0.15, 0.2) is 45.9 Å². The summed E-state index contributed by atoms with van der Waals surface area (Å²) in [7, 11) is 0. The molecule has 2 heterocycles. The van der Waals surface area contributed by atoms with Crippen LogP contribution in [0.2, 0.25) is 0 Å². The number of rotatable bonds is 3. The number of aromatic nitrogens is 1. The van der Waals surface area contributed by atoms with Crippen molar-refractivity contribution >= 4 is 33.2 Å². The number of fused-ring (bicyclic) bond motifs is 3. The van der Waals surface area contributed by atoms with Gasteiger partial charge < -0.3 is 4.42 Å². The highest BCUT2D eigenvalue weighted by Gasteiger charge is 2.60. The zero-order valence-corrected chi connectivity index (χ0v) is 17.1. The fraction of sp³-hybridized carbons (Fsp3) is 0.409. The van der Waals surface area contributed by atoms with Gasteiger partial charge in [-0.15, -0.1) is 11.3 Å². The van der Waals surface area contributed by atoms with Gasteiger partial charge in [0.25, 0.3) is 0 Å². The van der Waals surface area contributed by atoms with Gasteiger partial charge in [0.2, 0.25) is 0 Å². The molecule has 1 amide bonds. The van der Waals surface area contributed by atoms with Crippen molar-refractivity contribution in [1.29, 1.82) is 0 Å². The van der Waals surface area contributed by atoms with E-state index < -0.39 is 0 Å². The predicted octanol–water partition coefficient (Wildman–Crippen LogP) is 5.49. The molecule has 144 valence electrons. The normalized spacial score (nSPS) is 27.0. The molecule has 2 bridgehead atoms. The number of hydrazone groups is 1. The molecular formula is C22H23N3O2S. The van der Waals surface area contributed by atoms with Gasteiger partial charge in [-0.2, -0.15) is 5.10 Å². The van der Waals surface area contributed by atoms with Crippen molar-refractivity contribution < 1.29 is 9.21 Å². The van der Waals surface area contributed by atoms with E-state index in [0.717, 1.165) is 33.8 Å². The van der Waals surface area contributed by atoms with E-state index in [1.54, 1.807) is 23.5 Å². The largest absolute Gasteiger partial charge is 0.448 e. The smallest absolute Gasteiger partial charge is 0.307 e. The summed E-state index contributed by atoms with van der Waals surface area (Å²) in [6, 6.07) is 11.4. The molecule has 0 spiro atoms. The Kier molecular flexibility index (Phi) is 3.78. The number of hydrogen-bond donors (Lipinski definition) is 1. The van der Waals surface area contributed by atoms with E-state index in [2.05, 4.69) is 36.3 Å². The number of carbonyl (C=O) groups is 1. The predicted molar refractivity (Wildman–Crippen MR) is 111 cm³/mol. The Labute approximate surface area is 167 Å². The first kappa shape index (κ1) is 17.6. The first-order valence-corrected chi connectivity index (χ1v) is 10.5. The number of nitrogens with zero attached hydrogens (tertiary/aromatic N) is 2. The molecule has 0 unspecified atom stereocenters. The van der Waals surface area contributed by atoms with E-state index in [0.29, 0.717) is 11.7 Å². The van der Waals surface area contributed by atoms with Crippen LogP contribution in [0.25, 0.3) is 21.0 Å². The van der Waals surface area contributed by atoms with Crippen LogP contribution in [-0.2, 0) is 0 Å². The molecule has 2 fully saturated rings. The molecule has 5 rings (SSSR count). The zero-order chi connectivity index (χ0) is 19.5. The number of nitrogens with one attached hydrogen (secondary N) is 1. The summed E-state index contributed by atoms with van der Waals surface area (Å²) in [6.45, 7) is 6.93. The quantitative estimate of drug-likeness (QED) is 0.599. The van der Waals surface area contributed by atoms with Crippen LogP contribution in [0.4, 0.5) is 0 Å². The van der Waals surface area contributed by atoms with Crippen LogP contribution in [0.1, 0.15) is 50.6 Å². The number of furan rings is 1. The summed E-state index contributed by atoms with van der Waals surface area (Å²) >= 11 is 1.55. The van der Waals surface area contributed by atoms with Gasteiger partial charge in [0.05, 0.1) is 10.2 Å². The van der Waals surface area contributed by atoms with Crippen LogP contribution in [0.5, 0.6) is 0 Å². The Morgan fingerprint density at radius 2 is 2.07 bits per heavy atom. The standard InChI is InChI=1S/C22H23N3O2S/c1-21(2)13-10-11-22(21,3)18(12-13)24-25-19(26)15-8-9-16(27-15)20-23-14-6-4-5-7-17(14)28-20/h4-9,13H,10-12H2,1-3H3,(H,25,26)/b24-18+/t13-,22-/m1/s1. The number of hydrogen-bond acceptors (Lipinski definition) is 5. The van der Waals surface area contributed by atoms with Gasteiger partial charge in [0, 0.05) is 11.1 Å². The van der Waals surface area contributed by atoms with Crippen molar-refractivity contribution in [1.82, 2.24) is 10.4 Å². The number of amides is 1. The third-order valence-corrected chi connectivity index (χ3v) is 8.19. The van der Waals surface area contributed by atoms with Gasteiger partial charge in [-0.1, -0.05) is 32.9 Å². The summed E-state index contributed by atoms with van der Waals surface area (Å²) < 4.78 is 6.87. The Morgan fingerprint density at radius 3 is 2.79 bits per heavy atom. The van der Waals surface area contributed by atoms with Gasteiger partial charge in [0.15, 0.2) is 16.5 Å². The van der Waals surface area contributed by atoms with Crippen molar-refractivity contribution in [3.8, 4) is 10.8 Å². The van der Waals surface area contributed by atoms with Crippen LogP contribution in [0, 0.1) is 16.7 Å². The number of thiazole rings is 1. The molecule has 28 heavy (non-hydrogen) atoms. The maximum absolute atomic E-state index is 12.6. The molecule has 0 saturated heterocycles. The van der Waals surface area contributed by atoms with Crippen molar-refractivity contribution in [3.63, 3.8) is 0 Å². The lowest BCUT2D eigenvalue weighted by Crippen LogP contribution is -2.34. The molecule has 3 aromatic rings. The lowest BCUT2D eigenvalue weighted by molar-refractivity contribution is 0.0927. The third kappa shape index (κ3) is 2.47. The highest BCUT2D eigenvalue weighted by atomic mass is 32.1. The SMILES string of the molecule is CC1(C)[C@@H]2CC[C@]1(C)/C(=N/NC(=O)c1ccc(-c3nc4ccccc4s3)o1)C2. The molecule has 6 heteroatoms. The lowest BCUT2D eigenvalue weighted by Gasteiger charge is -2.34. The Morgan fingerprint density at radius 1 is 1.25 bits per heavy atom. The van der Waals surface area contributed by atoms with Crippen LogP contribution in [-0.4, -0.2) is 16.6 Å². The first-order valence-electron chi connectivity index (χ1n) is 9.72. The van der Waals surface area contributed by atoms with E-state index >= 15 is 0 Å². The second-order valence-electron chi connectivity index (χ2n) is 8.64. The van der Waals surface area contributed by atoms with Gasteiger partial charge >= 0.3 is 5.91 Å². The topological polar surface area (TPSA) is 67.5 Å². The van der Waals surface area contributed by atoms with E-state index in [1.807, 2.05) is 24.3 Å². The van der Waals surface area contributed by atoms with Gasteiger partial charge in [0.1, 0.15) is 0 Å². The Hall–Kier alpha value is -2.47. The lowest BCUT2D eigenvalue weighted by atomic mass is 9.70. The molecule has 2 atom stereocenters. The molecule has 1 aromatic carbocycles. The average Bonchev–Trinajstić information content (AvgIpc) is 3.40. The highest BCUT2D eigenvalue weighted by molar-refractivity contribution is 7.21. The second kappa shape index (κ2) is 6.01. The van der Waals surface area contributed by atoms with Crippen LogP contribution in [0.3, 0.4) is 0 Å². The van der Waals surface area contributed by atoms with E-state index in [4.69, 9.17) is 4.42 Å². The molecule has 5 nitrogen and oxygen atoms in total. The molecule has 0 radical (unpaired) electrons. The van der Waals surface area contributed by atoms with Crippen LogP contribution >= 0.6 is 11.3 Å². The zero-order valence-electron chi connectivity index (χ0n) is 16.3. The van der Waals surface area contributed by atoms with Crippen molar-refractivity contribution in [3.05, 3.63) is 42.2 Å². The molecule has 2 aliphatic carbocycles. The number of carbonyl (C=O) groups excluding carboxylic acids is 1. The minimum absolute atomic E-state index is 0.0697. The summed E-state index contributed by atoms with van der Waals surface area (Å²) in [4.78, 5) is 17.1. The summed E-state index contributed by atoms with van der Waals surface area (Å²) in [5.41, 5.74) is 5.07. The first-order chi connectivity index (χ1) is 13.4. The van der Waals surface area contributed by atoms with Crippen molar-refractivity contribution in [2.45, 2.75) is 40.0 Å². The minimum Gasteiger partial charge on any atom is -0.448 e. The fourth-order valence-electron chi connectivity index (χ4n) is 4.82. The summed E-state index contributed by atoms with van der Waals surface area (Å²) in [5.74, 6) is 1.20. The maximum Gasteiger partial charge on any atom is 0.307 e. The average molecular weight is 394 g/mol. The van der Waals surface area contributed by atoms with E-state index in [1.165, 1.54) is 6.42 Å². The Bertz CT molecular complexity index is 1080. The maximum atomic E-state index is 12.6. The van der Waals surface area contributed by atoms with Crippen molar-refractivity contribution in [2.75, 3.05) is 0 Å². The van der Waals surface area contributed by atoms with Gasteiger partial charge in [-0.25, -0.2) is 10.4 Å². The molecular weight excluding hydrogens is 370 g/mol. The number of benzene rings is 1. The molecule has 2 saturated carbocycles. The Balaban J connectivity index is 1.35. The molecule has 0 aliphatic heterocycles. The molecule has 2 aliphatic rings. The van der Waals surface area contributed by atoms with Gasteiger partial charge in [-0.05, 0) is 54.9 Å². The van der Waals surface area contributed by atoms with Crippen LogP contribution < -0.4 is 5.43 Å². The third-order valence-electron chi connectivity index (χ3n) is 7.14. The summed E-state index contributed by atoms with van der Waals surface area (Å²) in [5, 5.41) is 5.28. The van der Waals surface area contributed by atoms with E-state index in [-0.39, 0.29) is 22.5 Å².